The van der Waals surface area contributed by atoms with Gasteiger partial charge in [-0.1, -0.05) is 230 Å². The molecule has 0 aliphatic carbocycles. The number of aromatic nitrogens is 2. The van der Waals surface area contributed by atoms with Gasteiger partial charge in [0.25, 0.3) is 0 Å². The highest BCUT2D eigenvalue weighted by atomic mass is 15.1. The molecule has 0 saturated carbocycles. The van der Waals surface area contributed by atoms with Gasteiger partial charge in [-0.3, -0.25) is 0 Å². The van der Waals surface area contributed by atoms with E-state index in [-0.39, 0.29) is 11.1 Å². The first-order valence-corrected chi connectivity index (χ1v) is 26.6. The average molecular weight is 1170 g/mol. The second-order valence-corrected chi connectivity index (χ2v) is 18.8. The van der Waals surface area contributed by atoms with Gasteiger partial charge in [0.15, 0.2) is 0 Å². The molecule has 0 fully saturated rings. The van der Waals surface area contributed by atoms with Gasteiger partial charge in [0.1, 0.15) is 0 Å². The molecule has 4 heteroatoms. The highest BCUT2D eigenvalue weighted by Crippen LogP contribution is 2.42. The number of rotatable bonds is 12. The van der Waals surface area contributed by atoms with Gasteiger partial charge in [-0.25, -0.2) is 0 Å². The molecule has 0 N–H and O–H groups in total. The Balaban J connectivity index is 0.000000207. The number of para-hydroxylation sites is 6. The van der Waals surface area contributed by atoms with Gasteiger partial charge in [-0.05, 0) is 178 Å². The van der Waals surface area contributed by atoms with E-state index in [1.807, 2.05) is 60.7 Å². The minimum Gasteiger partial charge on any atom is -0.310 e. The van der Waals surface area contributed by atoms with Crippen LogP contribution in [-0.4, -0.2) is 9.13 Å². The van der Waals surface area contributed by atoms with Crippen molar-refractivity contribution in [2.75, 3.05) is 9.80 Å². The van der Waals surface area contributed by atoms with Crippen LogP contribution in [0.2, 0.25) is 0 Å². The van der Waals surface area contributed by atoms with Crippen molar-refractivity contribution in [3.05, 3.63) is 363 Å². The second kappa shape index (κ2) is 23.7. The highest BCUT2D eigenvalue weighted by molar-refractivity contribution is 6.12. The lowest BCUT2D eigenvalue weighted by atomic mass is 10.0. The van der Waals surface area contributed by atoms with E-state index in [4.69, 9.17) is 45.2 Å². The van der Waals surface area contributed by atoms with Gasteiger partial charge in [-0.2, -0.15) is 0 Å². The molecule has 0 radical (unpaired) electrons. The van der Waals surface area contributed by atoms with Crippen molar-refractivity contribution in [2.24, 2.45) is 0 Å². The van der Waals surface area contributed by atoms with Crippen molar-refractivity contribution in [3.8, 4) is 55.9 Å². The molecular formula is C84H60N4. The minimum absolute atomic E-state index is 0.106. The maximum Gasteiger partial charge on any atom is 0.0651 e. The number of hydrogen-bond acceptors (Lipinski definition) is 2. The molecule has 0 aliphatic heterocycles. The molecule has 88 heavy (non-hydrogen) atoms. The fourth-order valence-corrected chi connectivity index (χ4v) is 9.86. The van der Waals surface area contributed by atoms with Gasteiger partial charge < -0.3 is 18.9 Å². The van der Waals surface area contributed by atoms with Gasteiger partial charge in [0, 0.05) is 67.0 Å². The van der Waals surface area contributed by atoms with Gasteiger partial charge in [0.2, 0.25) is 0 Å². The van der Waals surface area contributed by atoms with Crippen LogP contribution in [0.3, 0.4) is 0 Å². The van der Waals surface area contributed by atoms with Crippen LogP contribution in [-0.2, 0) is 0 Å². The Morgan fingerprint density at radius 1 is 0.216 bits per heavy atom. The van der Waals surface area contributed by atoms with Crippen LogP contribution < -0.4 is 9.80 Å². The summed E-state index contributed by atoms with van der Waals surface area (Å²) in [6, 6.07) is -9.10. The monoisotopic (exact) mass is 1170 g/mol. The zero-order chi connectivity index (χ0) is 96.0. The van der Waals surface area contributed by atoms with Crippen LogP contribution in [0.1, 0.15) is 58.9 Å². The SMILES string of the molecule is [2H]c1c([2H])c([2H])c(-c2c([2H])c([2H])c(N(c3c([2H])c([2H])c([2H])c([2H])c3[2H])c3c([2H])c([2H])c([2H])c(-c4c([2H])c([2H])c5c(c4[2H])c4c([2H])c([2H])c([2H])c([2H])c4n5-c4c([2H])c([2H])c([2H])c([2H])c4[2H])c3[2H])c([2H])c2[2H])c([2H])c1[2H].[2H]c1c([2H])c([2H])c(N(c2c([2H])c([2H])c([2H])c(-c3ccccc3)c2[2H])c2c([2H])c([2H])c([2H])c(-c3ccc4c(c3)c3ccccc3n4-c3ccccc3)c2[2H])c([2H])c1[2H]. The fraction of sp³-hybridized carbons (Fsp3) is 0. The van der Waals surface area contributed by atoms with Crippen LogP contribution in [0.15, 0.2) is 363 Å². The molecular weight excluding hydrogens is 1060 g/mol. The van der Waals surface area contributed by atoms with Crippen LogP contribution >= 0.6 is 0 Å². The van der Waals surface area contributed by atoms with Gasteiger partial charge in [-0.15, -0.1) is 0 Å². The first-order valence-electron chi connectivity index (χ1n) is 48.1. The van der Waals surface area contributed by atoms with Gasteiger partial charge >= 0.3 is 0 Å². The van der Waals surface area contributed by atoms with Crippen LogP contribution in [0.25, 0.3) is 99.5 Å². The molecule has 0 unspecified atom stereocenters. The first-order chi connectivity index (χ1) is 61.6. The van der Waals surface area contributed by atoms with Crippen molar-refractivity contribution < 1.29 is 58.9 Å². The topological polar surface area (TPSA) is 16.3 Å². The summed E-state index contributed by atoms with van der Waals surface area (Å²) in [6.07, 6.45) is 0. The standard InChI is InChI=1S/2C42H30N2/c1-4-14-31(15-5-1)32-16-12-22-37(28-32)43(35-18-6-2-7-19-35)38-23-13-17-33(29-38)34-26-27-42-40(30-34)39-24-10-11-25-41(39)44(42)36-20-8-3-9-21-36;1-4-13-31(14-5-1)32-23-26-37(27-24-32)43(35-16-6-2-7-17-35)38-20-12-15-33(29-38)34-25-28-42-40(30-34)39-21-10-11-22-41(39)44(42)36-18-8-3-9-19-36/h2*1-30H/i2D,6D,7D,12D,13D,16D,17D,18D,19D,22D,23D,28D,29D;1D,2D,3D,4D,5D,6D,7D,8D,9D,10D,11D,12D,13D,14D,15D,16D,17D,18D,19D,20D,21D,22D,23D,24D,25D,26D,27D,28D,29D,30D. The Hall–Kier alpha value is -11.7. The Bertz CT molecular complexity index is 7620. The molecule has 0 amide bonds. The summed E-state index contributed by atoms with van der Waals surface area (Å²) in [5.74, 6) is 0. The molecule has 416 valence electrons. The van der Waals surface area contributed by atoms with E-state index >= 15 is 0 Å². The lowest BCUT2D eigenvalue weighted by molar-refractivity contribution is 1.18. The molecule has 2 aromatic heterocycles. The summed E-state index contributed by atoms with van der Waals surface area (Å²) in [5.41, 5.74) is -7.87. The average Bonchev–Trinajstić information content (AvgIpc) is 1.58. The van der Waals surface area contributed by atoms with E-state index in [0.717, 1.165) is 32.4 Å². The Morgan fingerprint density at radius 2 is 0.648 bits per heavy atom. The van der Waals surface area contributed by atoms with Gasteiger partial charge in [0.05, 0.1) is 81.0 Å². The maximum absolute atomic E-state index is 9.76. The molecule has 2 heterocycles. The highest BCUT2D eigenvalue weighted by Gasteiger charge is 2.19. The van der Waals surface area contributed by atoms with E-state index in [1.165, 1.54) is 0 Å². The number of hydrogen-bond donors (Lipinski definition) is 0. The molecule has 0 spiro atoms. The summed E-state index contributed by atoms with van der Waals surface area (Å²) >= 11 is 0. The predicted octanol–water partition coefficient (Wildman–Crippen LogP) is 23.2. The summed E-state index contributed by atoms with van der Waals surface area (Å²) in [7, 11) is 0. The zero-order valence-corrected chi connectivity index (χ0v) is 45.1. The quantitative estimate of drug-likeness (QED) is 0.121. The van der Waals surface area contributed by atoms with Crippen molar-refractivity contribution >= 4 is 77.7 Å². The zero-order valence-electron chi connectivity index (χ0n) is 88.1. The van der Waals surface area contributed by atoms with E-state index in [2.05, 4.69) is 4.57 Å². The molecule has 0 saturated heterocycles. The Kier molecular flexibility index (Phi) is 6.56. The maximum atomic E-state index is 9.76. The Morgan fingerprint density at radius 3 is 1.30 bits per heavy atom. The largest absolute Gasteiger partial charge is 0.310 e. The lowest BCUT2D eigenvalue weighted by Crippen LogP contribution is -2.10. The molecule has 0 atom stereocenters. The first kappa shape index (κ1) is 24.3. The molecule has 16 aromatic rings. The third-order valence-corrected chi connectivity index (χ3v) is 13.7. The summed E-state index contributed by atoms with van der Waals surface area (Å²) < 4.78 is 384. The number of benzene rings is 14. The molecule has 0 aliphatic rings. The number of nitrogens with zero attached hydrogens (tertiary/aromatic N) is 4. The molecule has 4 nitrogen and oxygen atoms in total. The molecule has 16 rings (SSSR count). The third-order valence-electron chi connectivity index (χ3n) is 13.7. The third kappa shape index (κ3) is 10.4. The lowest BCUT2D eigenvalue weighted by Gasteiger charge is -2.26. The number of fused-ring (bicyclic) bond motifs is 6. The van der Waals surface area contributed by atoms with Crippen LogP contribution in [0.5, 0.6) is 0 Å². The van der Waals surface area contributed by atoms with E-state index in [0.29, 0.717) is 20.6 Å². The summed E-state index contributed by atoms with van der Waals surface area (Å²) in [6.45, 7) is 0. The fourth-order valence-electron chi connectivity index (χ4n) is 9.86. The second-order valence-electron chi connectivity index (χ2n) is 18.8. The van der Waals surface area contributed by atoms with Crippen LogP contribution in [0, 0.1) is 0 Å². The molecule has 0 bridgehead atoms. The van der Waals surface area contributed by atoms with Crippen molar-refractivity contribution in [1.82, 2.24) is 9.13 Å². The normalized spacial score (nSPS) is 18.0. The van der Waals surface area contributed by atoms with E-state index < -0.39 is 344 Å². The smallest absolute Gasteiger partial charge is 0.0651 e. The van der Waals surface area contributed by atoms with Crippen molar-refractivity contribution in [2.45, 2.75) is 0 Å². The van der Waals surface area contributed by atoms with Crippen LogP contribution in [0.4, 0.5) is 34.1 Å². The van der Waals surface area contributed by atoms with E-state index in [9.17, 15) is 13.7 Å². The minimum atomic E-state index is -1.27. The summed E-state index contributed by atoms with van der Waals surface area (Å²) in [4.78, 5) is 1.15. The Labute approximate surface area is 574 Å². The van der Waals surface area contributed by atoms with Crippen molar-refractivity contribution in [3.63, 3.8) is 0 Å². The molecule has 14 aromatic carbocycles. The van der Waals surface area contributed by atoms with E-state index in [1.54, 1.807) is 42.5 Å². The summed E-state index contributed by atoms with van der Waals surface area (Å²) in [5, 5.41) is 0.324. The number of anilines is 6. The predicted molar refractivity (Wildman–Crippen MR) is 373 cm³/mol. The van der Waals surface area contributed by atoms with Crippen molar-refractivity contribution in [1.29, 1.82) is 0 Å².